The summed E-state index contributed by atoms with van der Waals surface area (Å²) in [5, 5.41) is -1.05. The average molecular weight is 259 g/mol. The maximum absolute atomic E-state index is 11.1. The molecule has 0 radical (unpaired) electrons. The van der Waals surface area contributed by atoms with Gasteiger partial charge >= 0.3 is 0 Å². The molecule has 0 aliphatic heterocycles. The van der Waals surface area contributed by atoms with Gasteiger partial charge in [0, 0.05) is 12.3 Å². The largest absolute Gasteiger partial charge is 0.281 e. The van der Waals surface area contributed by atoms with Crippen molar-refractivity contribution in [2.24, 2.45) is 5.92 Å². The summed E-state index contributed by atoms with van der Waals surface area (Å²) in [5.74, 6) is -0.533. The van der Waals surface area contributed by atoms with Crippen LogP contribution in [0.4, 0.5) is 0 Å². The van der Waals surface area contributed by atoms with Gasteiger partial charge in [0.1, 0.15) is 0 Å². The van der Waals surface area contributed by atoms with Crippen LogP contribution in [0, 0.1) is 12.8 Å². The molecule has 1 aromatic rings. The van der Waals surface area contributed by atoms with Crippen molar-refractivity contribution >= 4 is 33.7 Å². The Morgan fingerprint density at radius 2 is 1.75 bits per heavy atom. The van der Waals surface area contributed by atoms with Crippen molar-refractivity contribution in [2.45, 2.75) is 19.8 Å². The van der Waals surface area contributed by atoms with Gasteiger partial charge in [-0.25, -0.2) is 0 Å². The van der Waals surface area contributed by atoms with Gasteiger partial charge in [0.05, 0.1) is 0 Å². The summed E-state index contributed by atoms with van der Waals surface area (Å²) < 4.78 is 0. The van der Waals surface area contributed by atoms with E-state index in [1.165, 1.54) is 0 Å². The maximum Gasteiger partial charge on any atom is 0.225 e. The standard InChI is InChI=1S/C12H12Cl2O2/c1-8-2-4-9(5-3-8)6-10(12(14)16)7-11(13)15/h2-5,10H,6-7H2,1H3. The molecule has 1 aromatic carbocycles. The number of carbonyl (C=O) groups is 2. The normalized spacial score (nSPS) is 12.2. The number of halogens is 2. The lowest BCUT2D eigenvalue weighted by atomic mass is 9.97. The minimum absolute atomic E-state index is 0.0161. The highest BCUT2D eigenvalue weighted by molar-refractivity contribution is 6.66. The molecule has 0 spiro atoms. The molecule has 0 saturated carbocycles. The summed E-state index contributed by atoms with van der Waals surface area (Å²) in [5.41, 5.74) is 2.12. The van der Waals surface area contributed by atoms with Crippen LogP contribution in [0.1, 0.15) is 17.5 Å². The van der Waals surface area contributed by atoms with E-state index >= 15 is 0 Å². The molecule has 0 bridgehead atoms. The van der Waals surface area contributed by atoms with Crippen LogP contribution in [-0.2, 0) is 16.0 Å². The van der Waals surface area contributed by atoms with E-state index in [4.69, 9.17) is 23.2 Å². The van der Waals surface area contributed by atoms with E-state index < -0.39 is 16.4 Å². The summed E-state index contributed by atoms with van der Waals surface area (Å²) in [6.07, 6.45) is 0.429. The number of benzene rings is 1. The Hall–Kier alpha value is -0.860. The lowest BCUT2D eigenvalue weighted by Gasteiger charge is -2.10. The van der Waals surface area contributed by atoms with E-state index in [9.17, 15) is 9.59 Å². The Labute approximate surface area is 105 Å². The predicted octanol–water partition coefficient (Wildman–Crippen LogP) is 3.07. The van der Waals surface area contributed by atoms with Crippen molar-refractivity contribution in [3.8, 4) is 0 Å². The average Bonchev–Trinajstić information content (AvgIpc) is 2.19. The molecule has 1 atom stereocenters. The van der Waals surface area contributed by atoms with Gasteiger partial charge in [-0.3, -0.25) is 9.59 Å². The Kier molecular flexibility index (Phi) is 4.97. The zero-order valence-electron chi connectivity index (χ0n) is 8.87. The van der Waals surface area contributed by atoms with Crippen LogP contribution >= 0.6 is 23.2 Å². The molecular weight excluding hydrogens is 247 g/mol. The zero-order valence-corrected chi connectivity index (χ0v) is 10.4. The van der Waals surface area contributed by atoms with Gasteiger partial charge in [0.2, 0.25) is 10.5 Å². The minimum atomic E-state index is -0.536. The lowest BCUT2D eigenvalue weighted by Crippen LogP contribution is -2.14. The van der Waals surface area contributed by atoms with Crippen molar-refractivity contribution < 1.29 is 9.59 Å². The van der Waals surface area contributed by atoms with Crippen LogP contribution in [0.25, 0.3) is 0 Å². The number of hydrogen-bond acceptors (Lipinski definition) is 2. The fraction of sp³-hybridized carbons (Fsp3) is 0.333. The van der Waals surface area contributed by atoms with E-state index in [1.807, 2.05) is 31.2 Å². The second kappa shape index (κ2) is 6.02. The highest BCUT2D eigenvalue weighted by Crippen LogP contribution is 2.17. The Morgan fingerprint density at radius 1 is 1.19 bits per heavy atom. The highest BCUT2D eigenvalue weighted by Gasteiger charge is 2.19. The molecule has 16 heavy (non-hydrogen) atoms. The molecule has 0 saturated heterocycles. The van der Waals surface area contributed by atoms with Crippen LogP contribution in [0.3, 0.4) is 0 Å². The Balaban J connectivity index is 2.71. The fourth-order valence-electron chi connectivity index (χ4n) is 1.44. The molecule has 86 valence electrons. The van der Waals surface area contributed by atoms with Crippen LogP contribution in [0.15, 0.2) is 24.3 Å². The van der Waals surface area contributed by atoms with Gasteiger partial charge in [-0.2, -0.15) is 0 Å². The van der Waals surface area contributed by atoms with Crippen molar-refractivity contribution in [3.05, 3.63) is 35.4 Å². The number of carbonyl (C=O) groups excluding carboxylic acids is 2. The molecule has 0 fully saturated rings. The van der Waals surface area contributed by atoms with Gasteiger partial charge < -0.3 is 0 Å². The summed E-state index contributed by atoms with van der Waals surface area (Å²) in [7, 11) is 0. The van der Waals surface area contributed by atoms with E-state index in [2.05, 4.69) is 0 Å². The third-order valence-electron chi connectivity index (χ3n) is 2.33. The van der Waals surface area contributed by atoms with E-state index in [0.717, 1.165) is 11.1 Å². The van der Waals surface area contributed by atoms with Crippen LogP contribution < -0.4 is 0 Å². The maximum atomic E-state index is 11.1. The van der Waals surface area contributed by atoms with Gasteiger partial charge in [0.25, 0.3) is 0 Å². The van der Waals surface area contributed by atoms with Crippen LogP contribution in [-0.4, -0.2) is 10.5 Å². The molecule has 1 unspecified atom stereocenters. The molecule has 0 aliphatic rings. The molecule has 0 aromatic heterocycles. The molecule has 2 nitrogen and oxygen atoms in total. The minimum Gasteiger partial charge on any atom is -0.281 e. The van der Waals surface area contributed by atoms with Gasteiger partial charge in [-0.1, -0.05) is 29.8 Å². The summed E-state index contributed by atoms with van der Waals surface area (Å²) in [6.45, 7) is 1.98. The quantitative estimate of drug-likeness (QED) is 0.761. The molecular formula is C12H12Cl2O2. The molecule has 0 N–H and O–H groups in total. The van der Waals surface area contributed by atoms with Gasteiger partial charge in [-0.05, 0) is 42.1 Å². The van der Waals surface area contributed by atoms with Crippen molar-refractivity contribution in [2.75, 3.05) is 0 Å². The van der Waals surface area contributed by atoms with Crippen molar-refractivity contribution in [3.63, 3.8) is 0 Å². The fourth-order valence-corrected chi connectivity index (χ4v) is 1.78. The first kappa shape index (κ1) is 13.2. The summed E-state index contributed by atoms with van der Waals surface area (Å²) >= 11 is 10.7. The summed E-state index contributed by atoms with van der Waals surface area (Å²) in [6, 6.07) is 7.74. The highest BCUT2D eigenvalue weighted by atomic mass is 35.5. The van der Waals surface area contributed by atoms with Crippen LogP contribution in [0.2, 0.25) is 0 Å². The summed E-state index contributed by atoms with van der Waals surface area (Å²) in [4.78, 5) is 21.9. The Bertz CT molecular complexity index is 385. The number of rotatable bonds is 5. The molecule has 0 amide bonds. The SMILES string of the molecule is Cc1ccc(CC(CC(=O)Cl)C(=O)Cl)cc1. The molecule has 0 aliphatic carbocycles. The molecule has 0 heterocycles. The van der Waals surface area contributed by atoms with Crippen molar-refractivity contribution in [1.82, 2.24) is 0 Å². The van der Waals surface area contributed by atoms with E-state index in [1.54, 1.807) is 0 Å². The van der Waals surface area contributed by atoms with E-state index in [0.29, 0.717) is 6.42 Å². The first-order valence-corrected chi connectivity index (χ1v) is 5.68. The molecule has 4 heteroatoms. The van der Waals surface area contributed by atoms with Crippen LogP contribution in [0.5, 0.6) is 0 Å². The van der Waals surface area contributed by atoms with E-state index in [-0.39, 0.29) is 6.42 Å². The number of aryl methyl sites for hydroxylation is 1. The predicted molar refractivity (Wildman–Crippen MR) is 64.7 cm³/mol. The lowest BCUT2D eigenvalue weighted by molar-refractivity contribution is -0.119. The smallest absolute Gasteiger partial charge is 0.225 e. The first-order chi connectivity index (χ1) is 7.49. The zero-order chi connectivity index (χ0) is 12.1. The Morgan fingerprint density at radius 3 is 2.19 bits per heavy atom. The third-order valence-corrected chi connectivity index (χ3v) is 2.79. The third kappa shape index (κ3) is 4.33. The topological polar surface area (TPSA) is 34.1 Å². The monoisotopic (exact) mass is 258 g/mol. The van der Waals surface area contributed by atoms with Gasteiger partial charge in [0.15, 0.2) is 0 Å². The molecule has 1 rings (SSSR count). The van der Waals surface area contributed by atoms with Crippen molar-refractivity contribution in [1.29, 1.82) is 0 Å². The second-order valence-electron chi connectivity index (χ2n) is 3.75. The van der Waals surface area contributed by atoms with Gasteiger partial charge in [-0.15, -0.1) is 0 Å². The number of hydrogen-bond donors (Lipinski definition) is 0. The first-order valence-electron chi connectivity index (χ1n) is 4.92. The second-order valence-corrected chi connectivity index (χ2v) is 4.54.